The number of rotatable bonds is 2. The van der Waals surface area contributed by atoms with Crippen molar-refractivity contribution in [2.24, 2.45) is 0 Å². The minimum absolute atomic E-state index is 0.484. The highest BCUT2D eigenvalue weighted by atomic mass is 16.6. The third-order valence-electron chi connectivity index (χ3n) is 1.75. The highest BCUT2D eigenvalue weighted by Crippen LogP contribution is 2.24. The van der Waals surface area contributed by atoms with E-state index in [4.69, 9.17) is 0 Å². The Morgan fingerprint density at radius 2 is 1.28 bits per heavy atom. The second-order valence-corrected chi connectivity index (χ2v) is 2.91. The fourth-order valence-electron chi connectivity index (χ4n) is 1.03. The first-order chi connectivity index (χ1) is 8.63. The molecule has 0 amide bonds. The Labute approximate surface area is 101 Å². The normalized spacial score (nSPS) is 8.89. The van der Waals surface area contributed by atoms with E-state index in [2.05, 4.69) is 9.97 Å². The van der Waals surface area contributed by atoms with E-state index in [1.165, 1.54) is 18.5 Å². The van der Waals surface area contributed by atoms with Crippen molar-refractivity contribution in [2.75, 3.05) is 0 Å². The first-order valence-corrected chi connectivity index (χ1v) is 4.70. The van der Waals surface area contributed by atoms with Gasteiger partial charge in [0, 0.05) is 24.5 Å². The predicted molar refractivity (Wildman–Crippen MR) is 61.8 cm³/mol. The molecule has 8 nitrogen and oxygen atoms in total. The molecule has 0 saturated heterocycles. The van der Waals surface area contributed by atoms with Crippen LogP contribution >= 0.6 is 0 Å². The molecule has 1 aromatic heterocycles. The fraction of sp³-hybridized carbons (Fsp3) is 0. The molecule has 0 aliphatic heterocycles. The van der Waals surface area contributed by atoms with Gasteiger partial charge in [0.05, 0.1) is 9.85 Å². The highest BCUT2D eigenvalue weighted by Gasteiger charge is 2.21. The first-order valence-electron chi connectivity index (χ1n) is 4.70. The zero-order valence-corrected chi connectivity index (χ0v) is 9.04. The first kappa shape index (κ1) is 13.2. The van der Waals surface area contributed by atoms with Crippen LogP contribution in [-0.2, 0) is 0 Å². The maximum atomic E-state index is 10.2. The van der Waals surface area contributed by atoms with E-state index in [9.17, 15) is 20.2 Å². The molecule has 2 rings (SSSR count). The smallest absolute Gasteiger partial charge is 0.258 e. The summed E-state index contributed by atoms with van der Waals surface area (Å²) in [7, 11) is 0. The van der Waals surface area contributed by atoms with Crippen LogP contribution in [0.4, 0.5) is 11.4 Å². The van der Waals surface area contributed by atoms with Gasteiger partial charge in [0.2, 0.25) is 0 Å². The molecule has 8 heteroatoms. The number of para-hydroxylation sites is 2. The van der Waals surface area contributed by atoms with E-state index in [1.54, 1.807) is 18.5 Å². The largest absolute Gasteiger partial charge is 0.346 e. The molecule has 18 heavy (non-hydrogen) atoms. The molecular weight excluding hydrogens is 240 g/mol. The van der Waals surface area contributed by atoms with Gasteiger partial charge in [-0.25, -0.2) is 9.97 Å². The number of nitro benzene ring substituents is 2. The summed E-state index contributed by atoms with van der Waals surface area (Å²) in [5, 5.41) is 20.5. The lowest BCUT2D eigenvalue weighted by atomic mass is 10.3. The quantitative estimate of drug-likeness (QED) is 0.593. The van der Waals surface area contributed by atoms with Crippen LogP contribution in [-0.4, -0.2) is 19.8 Å². The van der Waals surface area contributed by atoms with Crippen LogP contribution in [0.1, 0.15) is 0 Å². The predicted octanol–water partition coefficient (Wildman–Crippen LogP) is 1.98. The van der Waals surface area contributed by atoms with Gasteiger partial charge in [-0.2, -0.15) is 0 Å². The number of aromatic nitrogens is 2. The Balaban J connectivity index is 0.000000225. The number of benzene rings is 1. The van der Waals surface area contributed by atoms with Crippen molar-refractivity contribution in [3.63, 3.8) is 0 Å². The van der Waals surface area contributed by atoms with Gasteiger partial charge in [-0.05, 0) is 6.07 Å². The lowest BCUT2D eigenvalue weighted by Crippen LogP contribution is -1.95. The molecule has 1 aromatic carbocycles. The van der Waals surface area contributed by atoms with E-state index in [-0.39, 0.29) is 0 Å². The van der Waals surface area contributed by atoms with Crippen LogP contribution in [0.2, 0.25) is 0 Å². The van der Waals surface area contributed by atoms with Gasteiger partial charge in [0.25, 0.3) is 0 Å². The van der Waals surface area contributed by atoms with Crippen molar-refractivity contribution < 1.29 is 9.85 Å². The molecule has 0 bridgehead atoms. The van der Waals surface area contributed by atoms with Crippen molar-refractivity contribution in [3.05, 3.63) is 69.3 Å². The summed E-state index contributed by atoms with van der Waals surface area (Å²) in [4.78, 5) is 26.2. The summed E-state index contributed by atoms with van der Waals surface area (Å²) in [5.41, 5.74) is -0.968. The number of hydrogen-bond donors (Lipinski definition) is 0. The standard InChI is InChI=1S/C6H4N2O4.C4H4N2/c9-7(10)5-3-1-2-4-6(5)8(11)12;1-2-5-4-6-3-1/h1-4H;1-4H. The summed E-state index contributed by atoms with van der Waals surface area (Å²) in [6, 6.07) is 6.73. The third-order valence-corrected chi connectivity index (χ3v) is 1.75. The molecule has 92 valence electrons. The molecule has 0 spiro atoms. The molecular formula is C10H8N4O4. The van der Waals surface area contributed by atoms with Crippen LogP contribution in [0, 0.1) is 20.2 Å². The van der Waals surface area contributed by atoms with Gasteiger partial charge in [-0.1, -0.05) is 12.1 Å². The maximum absolute atomic E-state index is 10.2. The summed E-state index contributed by atoms with van der Waals surface area (Å²) >= 11 is 0. The molecule has 0 saturated carbocycles. The van der Waals surface area contributed by atoms with E-state index in [0.717, 1.165) is 12.1 Å². The van der Waals surface area contributed by atoms with Crippen LogP contribution in [0.3, 0.4) is 0 Å². The molecule has 0 unspecified atom stereocenters. The van der Waals surface area contributed by atoms with Gasteiger partial charge in [0.15, 0.2) is 0 Å². The Hall–Kier alpha value is -2.90. The summed E-state index contributed by atoms with van der Waals surface area (Å²) < 4.78 is 0. The Morgan fingerprint density at radius 1 is 0.833 bits per heavy atom. The highest BCUT2D eigenvalue weighted by molar-refractivity contribution is 5.51. The van der Waals surface area contributed by atoms with Crippen molar-refractivity contribution >= 4 is 11.4 Å². The molecule has 0 N–H and O–H groups in total. The zero-order chi connectivity index (χ0) is 13.4. The van der Waals surface area contributed by atoms with Gasteiger partial charge in [0.1, 0.15) is 6.33 Å². The van der Waals surface area contributed by atoms with Gasteiger partial charge >= 0.3 is 11.4 Å². The Bertz CT molecular complexity index is 473. The molecule has 2 aromatic rings. The van der Waals surface area contributed by atoms with Crippen molar-refractivity contribution in [1.29, 1.82) is 0 Å². The number of nitro groups is 2. The molecule has 0 aliphatic rings. The molecule has 0 fully saturated rings. The van der Waals surface area contributed by atoms with E-state index in [1.807, 2.05) is 0 Å². The van der Waals surface area contributed by atoms with E-state index >= 15 is 0 Å². The van der Waals surface area contributed by atoms with E-state index in [0.29, 0.717) is 0 Å². The van der Waals surface area contributed by atoms with Crippen molar-refractivity contribution in [1.82, 2.24) is 9.97 Å². The average molecular weight is 248 g/mol. The monoisotopic (exact) mass is 248 g/mol. The second-order valence-electron chi connectivity index (χ2n) is 2.91. The topological polar surface area (TPSA) is 112 Å². The number of nitrogens with zero attached hydrogens (tertiary/aromatic N) is 4. The van der Waals surface area contributed by atoms with Gasteiger partial charge < -0.3 is 0 Å². The lowest BCUT2D eigenvalue weighted by Gasteiger charge is -1.91. The van der Waals surface area contributed by atoms with Gasteiger partial charge in [-0.3, -0.25) is 20.2 Å². The summed E-state index contributed by atoms with van der Waals surface area (Å²) in [5.74, 6) is 0. The summed E-state index contributed by atoms with van der Waals surface area (Å²) in [6.07, 6.45) is 4.88. The fourth-order valence-corrected chi connectivity index (χ4v) is 1.03. The van der Waals surface area contributed by atoms with Crippen LogP contribution in [0.15, 0.2) is 49.1 Å². The third kappa shape index (κ3) is 3.93. The molecule has 0 atom stereocenters. The Morgan fingerprint density at radius 3 is 1.50 bits per heavy atom. The van der Waals surface area contributed by atoms with Gasteiger partial charge in [-0.15, -0.1) is 0 Å². The minimum Gasteiger partial charge on any atom is -0.258 e. The second kappa shape index (κ2) is 6.63. The number of hydrogen-bond acceptors (Lipinski definition) is 6. The average Bonchev–Trinajstić information content (AvgIpc) is 2.41. The molecule has 0 aliphatic carbocycles. The Kier molecular flexibility index (Phi) is 4.85. The maximum Gasteiger partial charge on any atom is 0.346 e. The lowest BCUT2D eigenvalue weighted by molar-refractivity contribution is -0.422. The van der Waals surface area contributed by atoms with E-state index < -0.39 is 21.2 Å². The molecule has 0 radical (unpaired) electrons. The SMILES string of the molecule is O=[N+]([O-])c1ccccc1[N+](=O)[O-].c1cncnc1. The minimum atomic E-state index is -0.780. The zero-order valence-electron chi connectivity index (χ0n) is 9.04. The van der Waals surface area contributed by atoms with Crippen LogP contribution < -0.4 is 0 Å². The summed E-state index contributed by atoms with van der Waals surface area (Å²) in [6.45, 7) is 0. The molecule has 1 heterocycles. The van der Waals surface area contributed by atoms with Crippen molar-refractivity contribution in [3.8, 4) is 0 Å². The van der Waals surface area contributed by atoms with Crippen LogP contribution in [0.5, 0.6) is 0 Å². The van der Waals surface area contributed by atoms with Crippen molar-refractivity contribution in [2.45, 2.75) is 0 Å². The van der Waals surface area contributed by atoms with Crippen LogP contribution in [0.25, 0.3) is 0 Å².